The number of aliphatic carboxylic acids is 3. The van der Waals surface area contributed by atoms with Crippen LogP contribution in [0.1, 0.15) is 6.42 Å². The third-order valence-electron chi connectivity index (χ3n) is 2.99. The summed E-state index contributed by atoms with van der Waals surface area (Å²) in [5, 5.41) is 39.8. The van der Waals surface area contributed by atoms with Gasteiger partial charge in [0, 0.05) is 26.2 Å². The van der Waals surface area contributed by atoms with E-state index in [9.17, 15) is 19.5 Å². The number of nitrogens with one attached hydrogen (secondary N) is 1. The second-order valence-corrected chi connectivity index (χ2v) is 4.33. The Labute approximate surface area is 108 Å². The van der Waals surface area contributed by atoms with Gasteiger partial charge in [0.15, 0.2) is 5.60 Å². The molecule has 108 valence electrons. The van der Waals surface area contributed by atoms with Crippen LogP contribution in [0.3, 0.4) is 0 Å². The monoisotopic (exact) mass is 276 g/mol. The van der Waals surface area contributed by atoms with Crippen LogP contribution >= 0.6 is 0 Å². The van der Waals surface area contributed by atoms with Gasteiger partial charge in [-0.3, -0.25) is 14.5 Å². The van der Waals surface area contributed by atoms with Gasteiger partial charge in [-0.1, -0.05) is 0 Å². The van der Waals surface area contributed by atoms with Crippen LogP contribution in [0.2, 0.25) is 0 Å². The maximum atomic E-state index is 11.3. The molecule has 2 atom stereocenters. The zero-order valence-corrected chi connectivity index (χ0v) is 10.1. The molecule has 1 saturated heterocycles. The van der Waals surface area contributed by atoms with Gasteiger partial charge in [-0.2, -0.15) is 0 Å². The van der Waals surface area contributed by atoms with Gasteiger partial charge < -0.3 is 25.7 Å². The minimum atomic E-state index is -2.87. The van der Waals surface area contributed by atoms with Crippen molar-refractivity contribution in [2.24, 2.45) is 0 Å². The first kappa shape index (κ1) is 15.3. The third kappa shape index (κ3) is 3.40. The number of rotatable bonds is 6. The molecule has 9 heteroatoms. The molecule has 0 aliphatic carbocycles. The van der Waals surface area contributed by atoms with Crippen LogP contribution in [0.15, 0.2) is 0 Å². The van der Waals surface area contributed by atoms with Crippen LogP contribution in [0.25, 0.3) is 0 Å². The topological polar surface area (TPSA) is 147 Å². The molecule has 0 aromatic heterocycles. The molecule has 1 fully saturated rings. The summed E-state index contributed by atoms with van der Waals surface area (Å²) in [6.45, 7) is 1.30. The highest BCUT2D eigenvalue weighted by molar-refractivity contribution is 5.91. The Hall–Kier alpha value is -1.71. The van der Waals surface area contributed by atoms with E-state index in [-0.39, 0.29) is 13.1 Å². The Morgan fingerprint density at radius 2 is 1.68 bits per heavy atom. The molecule has 0 amide bonds. The number of piperazine rings is 1. The number of nitrogens with zero attached hydrogens (tertiary/aromatic N) is 1. The molecule has 0 saturated carbocycles. The van der Waals surface area contributed by atoms with E-state index < -0.39 is 36.0 Å². The predicted molar refractivity (Wildman–Crippen MR) is 60.7 cm³/mol. The fourth-order valence-electron chi connectivity index (χ4n) is 2.12. The quantitative estimate of drug-likeness (QED) is 0.359. The molecular formula is C10H16N2O7. The van der Waals surface area contributed by atoms with Gasteiger partial charge in [0.2, 0.25) is 0 Å². The Morgan fingerprint density at radius 1 is 1.16 bits per heavy atom. The van der Waals surface area contributed by atoms with Gasteiger partial charge in [0.1, 0.15) is 6.04 Å². The molecule has 0 aromatic carbocycles. The van der Waals surface area contributed by atoms with Crippen LogP contribution in [0.4, 0.5) is 0 Å². The van der Waals surface area contributed by atoms with Gasteiger partial charge >= 0.3 is 17.9 Å². The maximum Gasteiger partial charge on any atom is 0.338 e. The number of carboxylic acids is 3. The highest BCUT2D eigenvalue weighted by atomic mass is 16.4. The lowest BCUT2D eigenvalue weighted by Gasteiger charge is -2.38. The lowest BCUT2D eigenvalue weighted by Crippen LogP contribution is -2.64. The van der Waals surface area contributed by atoms with Crippen LogP contribution < -0.4 is 5.32 Å². The van der Waals surface area contributed by atoms with Crippen molar-refractivity contribution < 1.29 is 34.8 Å². The highest BCUT2D eigenvalue weighted by Crippen LogP contribution is 2.22. The molecule has 0 bridgehead atoms. The van der Waals surface area contributed by atoms with E-state index in [1.807, 2.05) is 0 Å². The summed E-state index contributed by atoms with van der Waals surface area (Å²) < 4.78 is 0. The van der Waals surface area contributed by atoms with Crippen molar-refractivity contribution in [3.63, 3.8) is 0 Å². The normalized spacial score (nSPS) is 21.3. The second-order valence-electron chi connectivity index (χ2n) is 4.33. The molecule has 1 aliphatic heterocycles. The van der Waals surface area contributed by atoms with Crippen molar-refractivity contribution in [3.8, 4) is 0 Å². The van der Waals surface area contributed by atoms with E-state index in [1.165, 1.54) is 4.90 Å². The lowest BCUT2D eigenvalue weighted by molar-refractivity contribution is -0.181. The average Bonchev–Trinajstić information content (AvgIpc) is 2.28. The molecule has 1 heterocycles. The zero-order valence-electron chi connectivity index (χ0n) is 10.1. The molecule has 19 heavy (non-hydrogen) atoms. The SMILES string of the molecule is O=C(O)C[C@](O)(C(=O)O)[C@@H](C(=O)O)N1CCNCC1. The Kier molecular flexibility index (Phi) is 4.81. The van der Waals surface area contributed by atoms with Crippen molar-refractivity contribution in [1.29, 1.82) is 0 Å². The fourth-order valence-corrected chi connectivity index (χ4v) is 2.12. The van der Waals surface area contributed by atoms with E-state index in [1.54, 1.807) is 0 Å². The number of hydrogen-bond acceptors (Lipinski definition) is 6. The molecular weight excluding hydrogens is 260 g/mol. The number of carbonyl (C=O) groups is 3. The van der Waals surface area contributed by atoms with Gasteiger partial charge in [0.25, 0.3) is 0 Å². The second kappa shape index (κ2) is 5.95. The van der Waals surface area contributed by atoms with Gasteiger partial charge in [0.05, 0.1) is 6.42 Å². The van der Waals surface area contributed by atoms with Crippen molar-refractivity contribution in [1.82, 2.24) is 10.2 Å². The lowest BCUT2D eigenvalue weighted by atomic mass is 9.88. The van der Waals surface area contributed by atoms with Gasteiger partial charge in [-0.15, -0.1) is 0 Å². The molecule has 0 aromatic rings. The van der Waals surface area contributed by atoms with Gasteiger partial charge in [-0.25, -0.2) is 4.79 Å². The summed E-state index contributed by atoms with van der Waals surface area (Å²) >= 11 is 0. The van der Waals surface area contributed by atoms with E-state index in [4.69, 9.17) is 15.3 Å². The van der Waals surface area contributed by atoms with E-state index >= 15 is 0 Å². The van der Waals surface area contributed by atoms with E-state index in [0.717, 1.165) is 0 Å². The number of hydrogen-bond donors (Lipinski definition) is 5. The van der Waals surface area contributed by atoms with E-state index in [2.05, 4.69) is 5.32 Å². The molecule has 0 unspecified atom stereocenters. The van der Waals surface area contributed by atoms with Crippen molar-refractivity contribution in [3.05, 3.63) is 0 Å². The molecule has 9 nitrogen and oxygen atoms in total. The smallest absolute Gasteiger partial charge is 0.338 e. The summed E-state index contributed by atoms with van der Waals surface area (Å²) in [4.78, 5) is 34.3. The first-order valence-electron chi connectivity index (χ1n) is 5.64. The third-order valence-corrected chi connectivity index (χ3v) is 2.99. The summed E-state index contributed by atoms with van der Waals surface area (Å²) in [6, 6.07) is -1.80. The molecule has 1 aliphatic rings. The Morgan fingerprint density at radius 3 is 2.05 bits per heavy atom. The maximum absolute atomic E-state index is 11.3. The van der Waals surface area contributed by atoms with Crippen molar-refractivity contribution >= 4 is 17.9 Å². The zero-order chi connectivity index (χ0) is 14.6. The standard InChI is InChI=1S/C10H16N2O7/c13-6(14)5-10(19,9(17)18)7(8(15)16)12-3-1-11-2-4-12/h7,11,19H,1-5H2,(H,13,14)(H,15,16)(H,17,18)/t7-,10-/m1/s1. The molecule has 5 N–H and O–H groups in total. The first-order chi connectivity index (χ1) is 8.79. The summed E-state index contributed by atoms with van der Waals surface area (Å²) in [7, 11) is 0. The highest BCUT2D eigenvalue weighted by Gasteiger charge is 2.52. The number of aliphatic hydroxyl groups is 1. The molecule has 0 radical (unpaired) electrons. The average molecular weight is 276 g/mol. The van der Waals surface area contributed by atoms with Crippen molar-refractivity contribution in [2.45, 2.75) is 18.1 Å². The largest absolute Gasteiger partial charge is 0.481 e. The fraction of sp³-hybridized carbons (Fsp3) is 0.700. The minimum absolute atomic E-state index is 0.214. The Balaban J connectivity index is 3.07. The van der Waals surface area contributed by atoms with Gasteiger partial charge in [-0.05, 0) is 0 Å². The predicted octanol–water partition coefficient (Wildman–Crippen LogP) is -2.36. The van der Waals surface area contributed by atoms with Crippen LogP contribution in [-0.2, 0) is 14.4 Å². The number of carboxylic acid groups (broad SMARTS) is 3. The summed E-state index contributed by atoms with van der Waals surface area (Å²) in [6.07, 6.45) is -1.18. The van der Waals surface area contributed by atoms with Crippen LogP contribution in [-0.4, -0.2) is 81.1 Å². The van der Waals surface area contributed by atoms with Crippen LogP contribution in [0, 0.1) is 0 Å². The summed E-state index contributed by atoms with van der Waals surface area (Å²) in [5.41, 5.74) is -2.87. The first-order valence-corrected chi connectivity index (χ1v) is 5.64. The molecule has 1 rings (SSSR count). The van der Waals surface area contributed by atoms with Crippen molar-refractivity contribution in [2.75, 3.05) is 26.2 Å². The van der Waals surface area contributed by atoms with E-state index in [0.29, 0.717) is 13.1 Å². The van der Waals surface area contributed by atoms with Crippen LogP contribution in [0.5, 0.6) is 0 Å². The Bertz CT molecular complexity index is 380. The molecule has 0 spiro atoms. The summed E-state index contributed by atoms with van der Waals surface area (Å²) in [5.74, 6) is -5.00. The minimum Gasteiger partial charge on any atom is -0.481 e.